The summed E-state index contributed by atoms with van der Waals surface area (Å²) in [5, 5.41) is 0. The first-order valence-electron chi connectivity index (χ1n) is 5.08. The molecule has 0 atom stereocenters. The average molecular weight is 232 g/mol. The van der Waals surface area contributed by atoms with Crippen LogP contribution in [0.25, 0.3) is 0 Å². The van der Waals surface area contributed by atoms with Crippen LogP contribution in [0.3, 0.4) is 0 Å². The van der Waals surface area contributed by atoms with E-state index in [0.717, 1.165) is 0 Å². The van der Waals surface area contributed by atoms with E-state index >= 15 is 0 Å². The summed E-state index contributed by atoms with van der Waals surface area (Å²) in [7, 11) is 1.51. The standard InChI is InChI=1S/C12H12N2O3/c1-9-13-7-8-14(9)17-12(15)10-5-3-4-6-11(10)16-2/h3-8H,1-2H3. The molecule has 88 valence electrons. The fraction of sp³-hybridized carbons (Fsp3) is 0.167. The molecule has 0 bridgehead atoms. The van der Waals surface area contributed by atoms with Gasteiger partial charge in [-0.3, -0.25) is 0 Å². The van der Waals surface area contributed by atoms with Gasteiger partial charge in [-0.05, 0) is 19.1 Å². The molecule has 2 rings (SSSR count). The molecule has 0 radical (unpaired) electrons. The predicted octanol–water partition coefficient (Wildman–Crippen LogP) is 1.47. The molecule has 1 aromatic heterocycles. The van der Waals surface area contributed by atoms with Gasteiger partial charge in [-0.2, -0.15) is 4.73 Å². The summed E-state index contributed by atoms with van der Waals surface area (Å²) in [4.78, 5) is 21.0. The molecular weight excluding hydrogens is 220 g/mol. The molecule has 5 heteroatoms. The van der Waals surface area contributed by atoms with Crippen molar-refractivity contribution < 1.29 is 14.4 Å². The van der Waals surface area contributed by atoms with Crippen LogP contribution in [-0.2, 0) is 0 Å². The van der Waals surface area contributed by atoms with Gasteiger partial charge in [0.2, 0.25) is 0 Å². The lowest BCUT2D eigenvalue weighted by Gasteiger charge is -2.08. The zero-order valence-electron chi connectivity index (χ0n) is 9.58. The number of methoxy groups -OCH3 is 1. The normalized spacial score (nSPS) is 10.0. The number of hydrogen-bond acceptors (Lipinski definition) is 4. The van der Waals surface area contributed by atoms with Crippen LogP contribution >= 0.6 is 0 Å². The Hall–Kier alpha value is -2.30. The largest absolute Gasteiger partial charge is 0.496 e. The summed E-state index contributed by atoms with van der Waals surface area (Å²) >= 11 is 0. The van der Waals surface area contributed by atoms with Crippen molar-refractivity contribution in [1.82, 2.24) is 9.71 Å². The summed E-state index contributed by atoms with van der Waals surface area (Å²) in [6.07, 6.45) is 3.13. The molecule has 0 aliphatic rings. The van der Waals surface area contributed by atoms with Crippen molar-refractivity contribution in [3.05, 3.63) is 48.0 Å². The van der Waals surface area contributed by atoms with Gasteiger partial charge in [0, 0.05) is 6.20 Å². The van der Waals surface area contributed by atoms with E-state index in [0.29, 0.717) is 17.1 Å². The quantitative estimate of drug-likeness (QED) is 0.804. The predicted molar refractivity (Wildman–Crippen MR) is 60.9 cm³/mol. The van der Waals surface area contributed by atoms with Crippen LogP contribution < -0.4 is 9.57 Å². The summed E-state index contributed by atoms with van der Waals surface area (Å²) in [6, 6.07) is 6.89. The Morgan fingerprint density at radius 2 is 2.12 bits per heavy atom. The molecule has 17 heavy (non-hydrogen) atoms. The van der Waals surface area contributed by atoms with Crippen molar-refractivity contribution in [2.45, 2.75) is 6.92 Å². The first kappa shape index (κ1) is 11.2. The maximum absolute atomic E-state index is 11.9. The molecule has 0 fully saturated rings. The molecule has 0 aliphatic carbocycles. The third-order valence-electron chi connectivity index (χ3n) is 2.29. The van der Waals surface area contributed by atoms with Crippen molar-refractivity contribution in [3.8, 4) is 5.75 Å². The molecule has 1 heterocycles. The van der Waals surface area contributed by atoms with Crippen LogP contribution in [-0.4, -0.2) is 22.8 Å². The number of nitrogens with zero attached hydrogens (tertiary/aromatic N) is 2. The van der Waals surface area contributed by atoms with Crippen molar-refractivity contribution in [2.24, 2.45) is 0 Å². The van der Waals surface area contributed by atoms with Gasteiger partial charge in [0.1, 0.15) is 17.1 Å². The molecule has 1 aromatic carbocycles. The van der Waals surface area contributed by atoms with Gasteiger partial charge < -0.3 is 9.57 Å². The lowest BCUT2D eigenvalue weighted by molar-refractivity contribution is 0.0446. The second-order valence-electron chi connectivity index (χ2n) is 3.38. The average Bonchev–Trinajstić information content (AvgIpc) is 2.75. The number of benzene rings is 1. The minimum atomic E-state index is -0.483. The Morgan fingerprint density at radius 3 is 2.76 bits per heavy atom. The van der Waals surface area contributed by atoms with Crippen LogP contribution in [0, 0.1) is 6.92 Å². The first-order chi connectivity index (χ1) is 8.22. The maximum atomic E-state index is 11.9. The van der Waals surface area contributed by atoms with Gasteiger partial charge in [-0.15, -0.1) is 0 Å². The van der Waals surface area contributed by atoms with E-state index in [4.69, 9.17) is 9.57 Å². The topological polar surface area (TPSA) is 53.4 Å². The third-order valence-corrected chi connectivity index (χ3v) is 2.29. The highest BCUT2D eigenvalue weighted by atomic mass is 16.7. The van der Waals surface area contributed by atoms with Gasteiger partial charge >= 0.3 is 5.97 Å². The van der Waals surface area contributed by atoms with Crippen molar-refractivity contribution >= 4 is 5.97 Å². The molecular formula is C12H12N2O3. The fourth-order valence-electron chi connectivity index (χ4n) is 1.41. The van der Waals surface area contributed by atoms with E-state index in [-0.39, 0.29) is 0 Å². The number of aromatic nitrogens is 2. The molecule has 0 unspecified atom stereocenters. The van der Waals surface area contributed by atoms with Crippen LogP contribution in [0.15, 0.2) is 36.7 Å². The molecule has 0 spiro atoms. The van der Waals surface area contributed by atoms with Crippen molar-refractivity contribution in [2.75, 3.05) is 7.11 Å². The highest BCUT2D eigenvalue weighted by Gasteiger charge is 2.14. The second kappa shape index (κ2) is 4.69. The Kier molecular flexibility index (Phi) is 3.09. The summed E-state index contributed by atoms with van der Waals surface area (Å²) < 4.78 is 6.40. The number of aryl methyl sites for hydroxylation is 1. The molecule has 0 saturated carbocycles. The third kappa shape index (κ3) is 2.28. The zero-order chi connectivity index (χ0) is 12.3. The molecule has 0 saturated heterocycles. The van der Waals surface area contributed by atoms with E-state index < -0.39 is 5.97 Å². The van der Waals surface area contributed by atoms with E-state index in [1.165, 1.54) is 11.8 Å². The first-order valence-corrected chi connectivity index (χ1v) is 5.08. The highest BCUT2D eigenvalue weighted by Crippen LogP contribution is 2.17. The lowest BCUT2D eigenvalue weighted by Crippen LogP contribution is -2.20. The molecule has 0 N–H and O–H groups in total. The van der Waals surface area contributed by atoms with E-state index in [1.807, 2.05) is 0 Å². The van der Waals surface area contributed by atoms with Crippen LogP contribution in [0.5, 0.6) is 5.75 Å². The molecule has 0 amide bonds. The van der Waals surface area contributed by atoms with Gasteiger partial charge in [-0.1, -0.05) is 12.1 Å². The van der Waals surface area contributed by atoms with Gasteiger partial charge in [-0.25, -0.2) is 9.78 Å². The number of rotatable bonds is 3. The van der Waals surface area contributed by atoms with Crippen molar-refractivity contribution in [1.29, 1.82) is 0 Å². The lowest BCUT2D eigenvalue weighted by atomic mass is 10.2. The number of carbonyl (C=O) groups is 1. The summed E-state index contributed by atoms with van der Waals surface area (Å²) in [6.45, 7) is 1.75. The second-order valence-corrected chi connectivity index (χ2v) is 3.38. The van der Waals surface area contributed by atoms with Gasteiger partial charge in [0.25, 0.3) is 0 Å². The molecule has 5 nitrogen and oxygen atoms in total. The maximum Gasteiger partial charge on any atom is 0.367 e. The smallest absolute Gasteiger partial charge is 0.367 e. The number of imidazole rings is 1. The Bertz CT molecular complexity index is 534. The Morgan fingerprint density at radius 1 is 1.35 bits per heavy atom. The van der Waals surface area contributed by atoms with E-state index in [9.17, 15) is 4.79 Å². The number of carbonyl (C=O) groups excluding carboxylic acids is 1. The highest BCUT2D eigenvalue weighted by molar-refractivity contribution is 5.92. The molecule has 2 aromatic rings. The molecule has 0 aliphatic heterocycles. The SMILES string of the molecule is COc1ccccc1C(=O)On1ccnc1C. The number of ether oxygens (including phenoxy) is 1. The van der Waals surface area contributed by atoms with Crippen LogP contribution in [0.2, 0.25) is 0 Å². The summed E-state index contributed by atoms with van der Waals surface area (Å²) in [5.41, 5.74) is 0.378. The van der Waals surface area contributed by atoms with Crippen LogP contribution in [0.4, 0.5) is 0 Å². The van der Waals surface area contributed by atoms with Crippen molar-refractivity contribution in [3.63, 3.8) is 0 Å². The fourth-order valence-corrected chi connectivity index (χ4v) is 1.41. The van der Waals surface area contributed by atoms with E-state index in [2.05, 4.69) is 4.98 Å². The van der Waals surface area contributed by atoms with Gasteiger partial charge in [0.05, 0.1) is 13.3 Å². The number of hydrogen-bond donors (Lipinski definition) is 0. The Balaban J connectivity index is 2.23. The van der Waals surface area contributed by atoms with Crippen LogP contribution in [0.1, 0.15) is 16.2 Å². The number of para-hydroxylation sites is 1. The van der Waals surface area contributed by atoms with E-state index in [1.54, 1.807) is 43.6 Å². The minimum Gasteiger partial charge on any atom is -0.496 e. The Labute approximate surface area is 98.6 Å². The summed E-state index contributed by atoms with van der Waals surface area (Å²) in [5.74, 6) is 0.604. The zero-order valence-corrected chi connectivity index (χ0v) is 9.58. The van der Waals surface area contributed by atoms with Gasteiger partial charge in [0.15, 0.2) is 0 Å². The minimum absolute atomic E-state index is 0.378. The monoisotopic (exact) mass is 232 g/mol.